The molecule has 3 N–H and O–H groups in total. The highest BCUT2D eigenvalue weighted by Gasteiger charge is 1.67. The van der Waals surface area contributed by atoms with Crippen LogP contribution in [-0.4, -0.2) is 17.6 Å². The first-order valence-electron chi connectivity index (χ1n) is 2.42. The monoisotopic (exact) mass is 139 g/mol. The predicted molar refractivity (Wildman–Crippen MR) is 36.5 cm³/mol. The number of rotatable bonds is 0. The Morgan fingerprint density at radius 1 is 1.62 bits per heavy atom. The van der Waals surface area contributed by atoms with Crippen LogP contribution in [-0.2, 0) is 4.57 Å². The molecule has 0 aromatic rings. The van der Waals surface area contributed by atoms with E-state index in [1.807, 2.05) is 13.8 Å². The van der Waals surface area contributed by atoms with E-state index in [2.05, 4.69) is 0 Å². The fourth-order valence-electron chi connectivity index (χ4n) is 0. The van der Waals surface area contributed by atoms with Gasteiger partial charge in [-0.15, -0.1) is 0 Å². The predicted octanol–water partition coefficient (Wildman–Crippen LogP) is 0.437. The van der Waals surface area contributed by atoms with Crippen molar-refractivity contribution >= 4 is 8.03 Å². The van der Waals surface area contributed by atoms with E-state index in [9.17, 15) is 4.57 Å². The molecule has 0 aliphatic heterocycles. The van der Waals surface area contributed by atoms with Crippen LogP contribution in [0.5, 0.6) is 0 Å². The molecule has 0 aromatic carbocycles. The molecule has 8 heavy (non-hydrogen) atoms. The molecular weight excluding hydrogens is 125 g/mol. The number of nitrogens with two attached hydrogens (primary N) is 1. The van der Waals surface area contributed by atoms with E-state index in [0.29, 0.717) is 6.04 Å². The standard InChI is InChI=1S/C3H9N.CH5O2P/c1-3(2)4;1-4(2)3/h3H,4H2,1-2H3;4H,1H3,(H,2,3). The van der Waals surface area contributed by atoms with Crippen LogP contribution in [0.2, 0.25) is 0 Å². The molecule has 1 atom stereocenters. The molecule has 0 aromatic heterocycles. The van der Waals surface area contributed by atoms with Gasteiger partial charge in [-0.25, -0.2) is 0 Å². The van der Waals surface area contributed by atoms with Crippen molar-refractivity contribution in [3.63, 3.8) is 0 Å². The van der Waals surface area contributed by atoms with Crippen molar-refractivity contribution in [2.24, 2.45) is 5.73 Å². The van der Waals surface area contributed by atoms with E-state index in [-0.39, 0.29) is 0 Å². The van der Waals surface area contributed by atoms with Crippen LogP contribution in [0.15, 0.2) is 0 Å². The second-order valence-electron chi connectivity index (χ2n) is 1.76. The Morgan fingerprint density at radius 2 is 1.62 bits per heavy atom. The van der Waals surface area contributed by atoms with Gasteiger partial charge in [0.1, 0.15) is 0 Å². The molecule has 0 saturated carbocycles. The molecule has 0 aliphatic carbocycles. The van der Waals surface area contributed by atoms with Crippen LogP contribution in [0, 0.1) is 0 Å². The lowest BCUT2D eigenvalue weighted by Gasteiger charge is -1.81. The average Bonchev–Trinajstić information content (AvgIpc) is 1.25. The lowest BCUT2D eigenvalue weighted by Crippen LogP contribution is -2.06. The number of hydrogen-bond acceptors (Lipinski definition) is 2. The van der Waals surface area contributed by atoms with Crippen LogP contribution in [0.4, 0.5) is 0 Å². The summed E-state index contributed by atoms with van der Waals surface area (Å²) in [7, 11) is -2.13. The van der Waals surface area contributed by atoms with E-state index in [4.69, 9.17) is 10.6 Å². The van der Waals surface area contributed by atoms with Crippen LogP contribution in [0.1, 0.15) is 13.8 Å². The minimum atomic E-state index is -2.13. The van der Waals surface area contributed by atoms with Gasteiger partial charge in [0.2, 0.25) is 0 Å². The van der Waals surface area contributed by atoms with Crippen molar-refractivity contribution < 1.29 is 9.46 Å². The lowest BCUT2D eigenvalue weighted by molar-refractivity contribution is 0.509. The molecule has 0 radical (unpaired) electrons. The zero-order chi connectivity index (χ0) is 7.15. The Labute approximate surface area is 50.8 Å². The smallest absolute Gasteiger partial charge is 0.186 e. The minimum Gasteiger partial charge on any atom is -0.346 e. The molecule has 0 aliphatic rings. The molecule has 0 bridgehead atoms. The summed E-state index contributed by atoms with van der Waals surface area (Å²) in [6.07, 6.45) is 0. The first kappa shape index (κ1) is 11.0. The summed E-state index contributed by atoms with van der Waals surface area (Å²) in [6, 6.07) is 0.333. The fourth-order valence-corrected chi connectivity index (χ4v) is 0. The Balaban J connectivity index is 0. The van der Waals surface area contributed by atoms with Crippen molar-refractivity contribution in [1.29, 1.82) is 0 Å². The lowest BCUT2D eigenvalue weighted by atomic mass is 10.5. The topological polar surface area (TPSA) is 63.3 Å². The van der Waals surface area contributed by atoms with Crippen molar-refractivity contribution in [3.8, 4) is 0 Å². The summed E-state index contributed by atoms with van der Waals surface area (Å²) in [5.74, 6) is 0. The maximum atomic E-state index is 9.19. The first-order valence-corrected chi connectivity index (χ1v) is 4.27. The Bertz CT molecular complexity index is 58.3. The maximum absolute atomic E-state index is 9.19. The molecule has 0 fully saturated rings. The fraction of sp³-hybridized carbons (Fsp3) is 1.00. The van der Waals surface area contributed by atoms with E-state index in [0.717, 1.165) is 0 Å². The number of hydrogen-bond donors (Lipinski definition) is 2. The van der Waals surface area contributed by atoms with Crippen LogP contribution >= 0.6 is 8.03 Å². The van der Waals surface area contributed by atoms with Crippen LogP contribution in [0.3, 0.4) is 0 Å². The summed E-state index contributed by atoms with van der Waals surface area (Å²) < 4.78 is 9.19. The average molecular weight is 139 g/mol. The molecule has 0 amide bonds. The van der Waals surface area contributed by atoms with Gasteiger partial charge in [-0.2, -0.15) is 0 Å². The summed E-state index contributed by atoms with van der Waals surface area (Å²) in [6.45, 7) is 5.16. The summed E-state index contributed by atoms with van der Waals surface area (Å²) in [5, 5.41) is 0. The third-order valence-electron chi connectivity index (χ3n) is 0. The maximum Gasteiger partial charge on any atom is 0.186 e. The van der Waals surface area contributed by atoms with Gasteiger partial charge in [-0.3, -0.25) is 4.57 Å². The second-order valence-corrected chi connectivity index (χ2v) is 2.80. The van der Waals surface area contributed by atoms with Gasteiger partial charge in [-0.05, 0) is 6.04 Å². The zero-order valence-corrected chi connectivity index (χ0v) is 6.51. The third-order valence-corrected chi connectivity index (χ3v) is 0. The Hall–Kier alpha value is 0.150. The highest BCUT2D eigenvalue weighted by Crippen LogP contribution is 1.99. The Kier molecular flexibility index (Phi) is 9.85. The van der Waals surface area contributed by atoms with Gasteiger partial charge in [-0.1, -0.05) is 13.8 Å². The van der Waals surface area contributed by atoms with E-state index >= 15 is 0 Å². The highest BCUT2D eigenvalue weighted by atomic mass is 31.1. The molecule has 3 nitrogen and oxygen atoms in total. The third kappa shape index (κ3) is 7250. The zero-order valence-electron chi connectivity index (χ0n) is 5.51. The van der Waals surface area contributed by atoms with Gasteiger partial charge in [0.25, 0.3) is 0 Å². The molecule has 1 unspecified atom stereocenters. The normalized spacial score (nSPS) is 12.2. The van der Waals surface area contributed by atoms with Gasteiger partial charge < -0.3 is 10.6 Å². The molecule has 52 valence electrons. The summed E-state index contributed by atoms with van der Waals surface area (Å²) >= 11 is 0. The molecule has 0 heterocycles. The quantitative estimate of drug-likeness (QED) is 0.478. The molecule has 4 heteroatoms. The summed E-state index contributed by atoms with van der Waals surface area (Å²) in [4.78, 5) is 7.60. The minimum absolute atomic E-state index is 0.333. The first-order chi connectivity index (χ1) is 3.46. The summed E-state index contributed by atoms with van der Waals surface area (Å²) in [5.41, 5.74) is 5.11. The van der Waals surface area contributed by atoms with Crippen molar-refractivity contribution in [3.05, 3.63) is 0 Å². The van der Waals surface area contributed by atoms with E-state index < -0.39 is 8.03 Å². The van der Waals surface area contributed by atoms with Crippen molar-refractivity contribution in [2.75, 3.05) is 6.66 Å². The second kappa shape index (κ2) is 7.15. The van der Waals surface area contributed by atoms with E-state index in [1.165, 1.54) is 6.66 Å². The highest BCUT2D eigenvalue weighted by molar-refractivity contribution is 7.36. The van der Waals surface area contributed by atoms with Crippen LogP contribution in [0.25, 0.3) is 0 Å². The van der Waals surface area contributed by atoms with Gasteiger partial charge >= 0.3 is 0 Å². The molecule has 0 saturated heterocycles. The molecular formula is C4H14NO2P. The Morgan fingerprint density at radius 3 is 1.62 bits per heavy atom. The molecule has 0 rings (SSSR count). The van der Waals surface area contributed by atoms with Gasteiger partial charge in [0.05, 0.1) is 0 Å². The van der Waals surface area contributed by atoms with E-state index in [1.54, 1.807) is 0 Å². The van der Waals surface area contributed by atoms with Gasteiger partial charge in [0, 0.05) is 6.66 Å². The van der Waals surface area contributed by atoms with Crippen molar-refractivity contribution in [1.82, 2.24) is 0 Å². The SMILES string of the molecule is CC(C)N.C[PH](=O)O. The largest absolute Gasteiger partial charge is 0.346 e. The van der Waals surface area contributed by atoms with Crippen molar-refractivity contribution in [2.45, 2.75) is 19.9 Å². The van der Waals surface area contributed by atoms with Crippen LogP contribution < -0.4 is 5.73 Å². The van der Waals surface area contributed by atoms with Gasteiger partial charge in [0.15, 0.2) is 8.03 Å². The molecule has 0 spiro atoms.